The summed E-state index contributed by atoms with van der Waals surface area (Å²) in [6.07, 6.45) is -0.496. The third-order valence-corrected chi connectivity index (χ3v) is 2.37. The number of carboxylic acid groups (broad SMARTS) is 1. The summed E-state index contributed by atoms with van der Waals surface area (Å²) < 4.78 is 5.09. The maximum Gasteiger partial charge on any atom is 0.410 e. The van der Waals surface area contributed by atoms with Gasteiger partial charge in [-0.15, -0.1) is 4.91 Å². The van der Waals surface area contributed by atoms with E-state index in [1.807, 2.05) is 0 Å². The van der Waals surface area contributed by atoms with Crippen molar-refractivity contribution in [1.82, 2.24) is 4.90 Å². The Morgan fingerprint density at radius 1 is 1.41 bits per heavy atom. The molecule has 1 fully saturated rings. The van der Waals surface area contributed by atoms with E-state index in [4.69, 9.17) is 9.84 Å². The molecule has 1 saturated heterocycles. The minimum atomic E-state index is -1.28. The minimum Gasteiger partial charge on any atom is -0.480 e. The van der Waals surface area contributed by atoms with E-state index in [2.05, 4.69) is 5.18 Å². The second-order valence-electron chi connectivity index (χ2n) is 5.03. The Balaban J connectivity index is 2.44. The molecule has 0 spiro atoms. The Labute approximate surface area is 98.7 Å². The van der Waals surface area contributed by atoms with Crippen LogP contribution in [0.5, 0.6) is 0 Å². The van der Waals surface area contributed by atoms with Crippen molar-refractivity contribution in [3.05, 3.63) is 4.91 Å². The van der Waals surface area contributed by atoms with E-state index >= 15 is 0 Å². The van der Waals surface area contributed by atoms with Crippen molar-refractivity contribution in [2.24, 2.45) is 11.1 Å². The average Bonchev–Trinajstić information content (AvgIpc) is 2.05. The van der Waals surface area contributed by atoms with E-state index in [9.17, 15) is 14.5 Å². The molecule has 1 amide bonds. The number of amides is 1. The number of nitroso groups, excluding NO2 is 1. The predicted octanol–water partition coefficient (Wildman–Crippen LogP) is 1.07. The molecule has 0 aliphatic carbocycles. The zero-order valence-corrected chi connectivity index (χ0v) is 10.0. The quantitative estimate of drug-likeness (QED) is 0.749. The van der Waals surface area contributed by atoms with Crippen LogP contribution in [0.4, 0.5) is 4.79 Å². The molecule has 0 radical (unpaired) electrons. The largest absolute Gasteiger partial charge is 0.480 e. The van der Waals surface area contributed by atoms with Crippen LogP contribution in [0.15, 0.2) is 5.18 Å². The molecule has 1 N–H and O–H groups in total. The van der Waals surface area contributed by atoms with Gasteiger partial charge in [-0.1, -0.05) is 5.18 Å². The summed E-state index contributed by atoms with van der Waals surface area (Å²) in [5.74, 6) is -1.67. The summed E-state index contributed by atoms with van der Waals surface area (Å²) in [7, 11) is 0. The number of carboxylic acids is 1. The van der Waals surface area contributed by atoms with Gasteiger partial charge in [0, 0.05) is 19.0 Å². The summed E-state index contributed by atoms with van der Waals surface area (Å²) in [4.78, 5) is 33.8. The standard InChI is InChI=1S/C10H16N2O5/c1-10(2,3)17-9(15)12-4-6(5-12)7(11-16)8(13)14/h6-7H,4-5H2,1-3H3,(H,13,14). The van der Waals surface area contributed by atoms with E-state index < -0.39 is 29.6 Å². The predicted molar refractivity (Wildman–Crippen MR) is 58.5 cm³/mol. The van der Waals surface area contributed by atoms with Crippen molar-refractivity contribution < 1.29 is 19.4 Å². The van der Waals surface area contributed by atoms with Gasteiger partial charge in [0.05, 0.1) is 0 Å². The molecule has 0 bridgehead atoms. The summed E-state index contributed by atoms with van der Waals surface area (Å²) in [5.41, 5.74) is -0.586. The highest BCUT2D eigenvalue weighted by Crippen LogP contribution is 2.23. The monoisotopic (exact) mass is 244 g/mol. The van der Waals surface area contributed by atoms with E-state index in [0.29, 0.717) is 0 Å². The lowest BCUT2D eigenvalue weighted by Gasteiger charge is -2.40. The minimum absolute atomic E-state index is 0.192. The van der Waals surface area contributed by atoms with Gasteiger partial charge >= 0.3 is 12.1 Å². The first-order valence-electron chi connectivity index (χ1n) is 5.28. The van der Waals surface area contributed by atoms with Crippen molar-refractivity contribution >= 4 is 12.1 Å². The van der Waals surface area contributed by atoms with Crippen LogP contribution in [0.25, 0.3) is 0 Å². The molecule has 17 heavy (non-hydrogen) atoms. The molecule has 0 aromatic rings. The Hall–Kier alpha value is -1.66. The van der Waals surface area contributed by atoms with Crippen LogP contribution >= 0.6 is 0 Å². The lowest BCUT2D eigenvalue weighted by Crippen LogP contribution is -2.56. The molecule has 7 heteroatoms. The van der Waals surface area contributed by atoms with E-state index in [-0.39, 0.29) is 13.1 Å². The van der Waals surface area contributed by atoms with E-state index in [1.165, 1.54) is 4.90 Å². The number of rotatable bonds is 3. The first kappa shape index (κ1) is 13.4. The van der Waals surface area contributed by atoms with Crippen molar-refractivity contribution in [2.75, 3.05) is 13.1 Å². The molecule has 1 atom stereocenters. The molecule has 1 aliphatic heterocycles. The molecule has 1 rings (SSSR count). The highest BCUT2D eigenvalue weighted by molar-refractivity contribution is 5.75. The molecule has 1 unspecified atom stereocenters. The Morgan fingerprint density at radius 2 is 1.94 bits per heavy atom. The number of hydrogen-bond donors (Lipinski definition) is 1. The topological polar surface area (TPSA) is 96.3 Å². The molecular formula is C10H16N2O5. The van der Waals surface area contributed by atoms with Crippen molar-refractivity contribution in [3.63, 3.8) is 0 Å². The van der Waals surface area contributed by atoms with Gasteiger partial charge < -0.3 is 14.7 Å². The fourth-order valence-corrected chi connectivity index (χ4v) is 1.52. The fourth-order valence-electron chi connectivity index (χ4n) is 1.52. The summed E-state index contributed by atoms with van der Waals surface area (Å²) >= 11 is 0. The Bertz CT molecular complexity index is 330. The third kappa shape index (κ3) is 3.40. The molecule has 0 saturated carbocycles. The maximum atomic E-state index is 11.5. The van der Waals surface area contributed by atoms with E-state index in [0.717, 1.165) is 0 Å². The highest BCUT2D eigenvalue weighted by atomic mass is 16.6. The van der Waals surface area contributed by atoms with Crippen LogP contribution in [-0.4, -0.2) is 46.8 Å². The van der Waals surface area contributed by atoms with Crippen LogP contribution < -0.4 is 0 Å². The molecule has 1 aliphatic rings. The number of ether oxygens (including phenoxy) is 1. The first-order chi connectivity index (χ1) is 7.74. The smallest absolute Gasteiger partial charge is 0.410 e. The van der Waals surface area contributed by atoms with Gasteiger partial charge in [0.1, 0.15) is 5.60 Å². The number of aliphatic carboxylic acids is 1. The van der Waals surface area contributed by atoms with Crippen molar-refractivity contribution in [2.45, 2.75) is 32.4 Å². The van der Waals surface area contributed by atoms with Crippen LogP contribution in [0.3, 0.4) is 0 Å². The van der Waals surface area contributed by atoms with E-state index in [1.54, 1.807) is 20.8 Å². The number of likely N-dealkylation sites (tertiary alicyclic amines) is 1. The van der Waals surface area contributed by atoms with Crippen molar-refractivity contribution in [3.8, 4) is 0 Å². The zero-order chi connectivity index (χ0) is 13.2. The van der Waals surface area contributed by atoms with Gasteiger partial charge in [-0.3, -0.25) is 0 Å². The van der Waals surface area contributed by atoms with Crippen LogP contribution in [0.1, 0.15) is 20.8 Å². The zero-order valence-electron chi connectivity index (χ0n) is 10.0. The van der Waals surface area contributed by atoms with Gasteiger partial charge in [0.25, 0.3) is 0 Å². The highest BCUT2D eigenvalue weighted by Gasteiger charge is 2.42. The molecular weight excluding hydrogens is 228 g/mol. The first-order valence-corrected chi connectivity index (χ1v) is 5.28. The number of hydrogen-bond acceptors (Lipinski definition) is 5. The molecule has 0 aromatic carbocycles. The van der Waals surface area contributed by atoms with Gasteiger partial charge in [-0.05, 0) is 20.8 Å². The SMILES string of the molecule is CC(C)(C)OC(=O)N1CC(C(N=O)C(=O)O)C1. The third-order valence-electron chi connectivity index (χ3n) is 2.37. The molecule has 7 nitrogen and oxygen atoms in total. The molecule has 96 valence electrons. The second kappa shape index (κ2) is 4.68. The number of carbonyl (C=O) groups excluding carboxylic acids is 1. The van der Waals surface area contributed by atoms with Crippen LogP contribution in [-0.2, 0) is 9.53 Å². The maximum absolute atomic E-state index is 11.5. The van der Waals surface area contributed by atoms with Crippen molar-refractivity contribution in [1.29, 1.82) is 0 Å². The van der Waals surface area contributed by atoms with Gasteiger partial charge in [-0.25, -0.2) is 9.59 Å². The van der Waals surface area contributed by atoms with Gasteiger partial charge in [-0.2, -0.15) is 0 Å². The van der Waals surface area contributed by atoms with Crippen LogP contribution in [0.2, 0.25) is 0 Å². The lowest BCUT2D eigenvalue weighted by atomic mass is 9.92. The van der Waals surface area contributed by atoms with Gasteiger partial charge in [0.15, 0.2) is 6.04 Å². The second-order valence-corrected chi connectivity index (χ2v) is 5.03. The number of nitrogens with zero attached hydrogens (tertiary/aromatic N) is 2. The summed E-state index contributed by atoms with van der Waals surface area (Å²) in [6.45, 7) is 5.62. The van der Waals surface area contributed by atoms with Crippen LogP contribution in [0, 0.1) is 10.8 Å². The summed E-state index contributed by atoms with van der Waals surface area (Å²) in [5, 5.41) is 11.2. The lowest BCUT2D eigenvalue weighted by molar-refractivity contribution is -0.141. The average molecular weight is 244 g/mol. The Morgan fingerprint density at radius 3 is 2.29 bits per heavy atom. The molecule has 1 heterocycles. The fraction of sp³-hybridized carbons (Fsp3) is 0.800. The molecule has 0 aromatic heterocycles. The van der Waals surface area contributed by atoms with Gasteiger partial charge in [0.2, 0.25) is 0 Å². The number of carbonyl (C=O) groups is 2. The summed E-state index contributed by atoms with van der Waals surface area (Å²) in [6, 6.07) is -1.28. The Kier molecular flexibility index (Phi) is 3.69. The normalized spacial score (nSPS) is 18.2.